The number of hydrogen-bond acceptors (Lipinski definition) is 3. The van der Waals surface area contributed by atoms with E-state index in [1.54, 1.807) is 13.1 Å². The molecule has 15 heavy (non-hydrogen) atoms. The number of imide groups is 1. The largest absolute Gasteiger partial charge is 0.424 e. The zero-order valence-electron chi connectivity index (χ0n) is 9.32. The van der Waals surface area contributed by atoms with Crippen LogP contribution in [0.2, 0.25) is 0 Å². The van der Waals surface area contributed by atoms with Crippen molar-refractivity contribution >= 4 is 12.1 Å². The maximum absolute atomic E-state index is 11.5. The highest BCUT2D eigenvalue weighted by molar-refractivity contribution is 5.93. The molecule has 0 radical (unpaired) electrons. The molecule has 0 atom stereocenters. The first-order valence-electron chi connectivity index (χ1n) is 5.01. The Labute approximate surface area is 89.3 Å². The minimum atomic E-state index is -0.624. The average Bonchev–Trinajstić information content (AvgIpc) is 2.23. The molecule has 0 spiro atoms. The zero-order chi connectivity index (χ0) is 11.4. The van der Waals surface area contributed by atoms with Crippen molar-refractivity contribution in [2.75, 3.05) is 14.1 Å². The smallest absolute Gasteiger partial charge is 0.393 e. The highest BCUT2D eigenvalue weighted by Gasteiger charge is 2.31. The van der Waals surface area contributed by atoms with Gasteiger partial charge in [0.2, 0.25) is 5.88 Å². The molecule has 0 aromatic carbocycles. The topological polar surface area (TPSA) is 49.9 Å². The fraction of sp³-hybridized carbons (Fsp3) is 0.600. The summed E-state index contributed by atoms with van der Waals surface area (Å²) in [5, 5.41) is 0. The molecular formula is C10H16N2O3. The summed E-state index contributed by atoms with van der Waals surface area (Å²) in [6, 6.07) is -0.367. The molecule has 5 nitrogen and oxygen atoms in total. The number of cyclic esters (lactones) is 1. The van der Waals surface area contributed by atoms with Crippen LogP contribution in [0.3, 0.4) is 0 Å². The third-order valence-electron chi connectivity index (χ3n) is 2.25. The van der Waals surface area contributed by atoms with Crippen LogP contribution in [0.5, 0.6) is 0 Å². The Bertz CT molecular complexity index is 299. The zero-order valence-corrected chi connectivity index (χ0v) is 9.32. The van der Waals surface area contributed by atoms with Crippen molar-refractivity contribution in [2.45, 2.75) is 26.2 Å². The van der Waals surface area contributed by atoms with Gasteiger partial charge < -0.3 is 4.74 Å². The minimum Gasteiger partial charge on any atom is -0.393 e. The van der Waals surface area contributed by atoms with E-state index in [4.69, 9.17) is 4.74 Å². The predicted molar refractivity (Wildman–Crippen MR) is 55.0 cm³/mol. The predicted octanol–water partition coefficient (Wildman–Crippen LogP) is 2.15. The van der Waals surface area contributed by atoms with E-state index in [1.165, 1.54) is 11.9 Å². The summed E-state index contributed by atoms with van der Waals surface area (Å²) in [5.74, 6) is 0.330. The molecule has 84 valence electrons. The molecule has 0 aliphatic carbocycles. The minimum absolute atomic E-state index is 0.330. The molecule has 1 rings (SSSR count). The molecule has 0 aromatic heterocycles. The van der Waals surface area contributed by atoms with Gasteiger partial charge in [-0.3, -0.25) is 4.90 Å². The van der Waals surface area contributed by atoms with E-state index in [0.717, 1.165) is 24.2 Å². The number of rotatable bonds is 3. The van der Waals surface area contributed by atoms with Gasteiger partial charge in [-0.1, -0.05) is 13.3 Å². The van der Waals surface area contributed by atoms with Gasteiger partial charge in [0.05, 0.1) is 0 Å². The summed E-state index contributed by atoms with van der Waals surface area (Å²) in [5.41, 5.74) is 0. The van der Waals surface area contributed by atoms with E-state index in [1.807, 2.05) is 0 Å². The quantitative estimate of drug-likeness (QED) is 0.673. The highest BCUT2D eigenvalue weighted by Crippen LogP contribution is 2.16. The Morgan fingerprint density at radius 1 is 1.27 bits per heavy atom. The Morgan fingerprint density at radius 3 is 2.53 bits per heavy atom. The summed E-state index contributed by atoms with van der Waals surface area (Å²) in [7, 11) is 2.98. The fourth-order valence-corrected chi connectivity index (χ4v) is 1.23. The third-order valence-corrected chi connectivity index (χ3v) is 2.25. The van der Waals surface area contributed by atoms with Crippen LogP contribution in [-0.4, -0.2) is 36.0 Å². The maximum atomic E-state index is 11.5. The summed E-state index contributed by atoms with van der Waals surface area (Å²) in [6.07, 6.45) is 4.03. The molecule has 1 heterocycles. The first kappa shape index (κ1) is 11.6. The molecule has 0 aromatic rings. The molecule has 1 aliphatic rings. The fourth-order valence-electron chi connectivity index (χ4n) is 1.23. The lowest BCUT2D eigenvalue weighted by Gasteiger charge is -2.30. The van der Waals surface area contributed by atoms with Crippen molar-refractivity contribution < 1.29 is 14.3 Å². The first-order valence-corrected chi connectivity index (χ1v) is 5.01. The summed E-state index contributed by atoms with van der Waals surface area (Å²) >= 11 is 0. The third kappa shape index (κ3) is 2.49. The number of allylic oxidation sites excluding steroid dienone is 1. The molecular weight excluding hydrogens is 196 g/mol. The van der Waals surface area contributed by atoms with E-state index < -0.39 is 6.09 Å². The number of nitrogens with zero attached hydrogens (tertiary/aromatic N) is 2. The second-order valence-electron chi connectivity index (χ2n) is 3.45. The number of amides is 3. The molecule has 0 saturated carbocycles. The second kappa shape index (κ2) is 4.82. The molecule has 5 heteroatoms. The van der Waals surface area contributed by atoms with Gasteiger partial charge in [-0.15, -0.1) is 0 Å². The lowest BCUT2D eigenvalue weighted by atomic mass is 10.2. The first-order chi connectivity index (χ1) is 7.07. The normalized spacial score (nSPS) is 19.8. The van der Waals surface area contributed by atoms with Crippen LogP contribution in [0.15, 0.2) is 12.0 Å². The molecule has 0 bridgehead atoms. The van der Waals surface area contributed by atoms with Gasteiger partial charge >= 0.3 is 12.1 Å². The standard InChI is InChI=1S/C10H16N2O3/c1-4-5-6-7-8-11(2)9(13)12(3)10(14)15-8/h7H,4-6H2,1-3H3/b8-7-. The monoisotopic (exact) mass is 212 g/mol. The summed E-state index contributed by atoms with van der Waals surface area (Å²) < 4.78 is 4.98. The van der Waals surface area contributed by atoms with Crippen molar-refractivity contribution in [1.29, 1.82) is 0 Å². The molecule has 0 unspecified atom stereocenters. The van der Waals surface area contributed by atoms with Gasteiger partial charge in [0.15, 0.2) is 0 Å². The van der Waals surface area contributed by atoms with E-state index in [9.17, 15) is 9.59 Å². The van der Waals surface area contributed by atoms with Crippen LogP contribution in [0.25, 0.3) is 0 Å². The lowest BCUT2D eigenvalue weighted by molar-refractivity contribution is 0.0832. The van der Waals surface area contributed by atoms with E-state index in [-0.39, 0.29) is 6.03 Å². The molecule has 1 saturated heterocycles. The molecule has 3 amide bonds. The van der Waals surface area contributed by atoms with Crippen LogP contribution >= 0.6 is 0 Å². The van der Waals surface area contributed by atoms with E-state index in [2.05, 4.69) is 6.92 Å². The van der Waals surface area contributed by atoms with Crippen molar-refractivity contribution in [1.82, 2.24) is 9.80 Å². The molecule has 1 aliphatic heterocycles. The second-order valence-corrected chi connectivity index (χ2v) is 3.45. The summed E-state index contributed by atoms with van der Waals surface area (Å²) in [4.78, 5) is 25.0. The average molecular weight is 212 g/mol. The van der Waals surface area contributed by atoms with Crippen molar-refractivity contribution in [2.24, 2.45) is 0 Å². The number of urea groups is 1. The Kier molecular flexibility index (Phi) is 3.71. The van der Waals surface area contributed by atoms with Crippen LogP contribution in [-0.2, 0) is 4.74 Å². The van der Waals surface area contributed by atoms with E-state index in [0.29, 0.717) is 5.88 Å². The number of unbranched alkanes of at least 4 members (excludes halogenated alkanes) is 2. The van der Waals surface area contributed by atoms with Crippen LogP contribution in [0, 0.1) is 0 Å². The van der Waals surface area contributed by atoms with Gasteiger partial charge in [0.25, 0.3) is 0 Å². The molecule has 0 N–H and O–H groups in total. The van der Waals surface area contributed by atoms with Crippen LogP contribution in [0.4, 0.5) is 9.59 Å². The number of hydrogen-bond donors (Lipinski definition) is 0. The van der Waals surface area contributed by atoms with Gasteiger partial charge in [-0.2, -0.15) is 0 Å². The van der Waals surface area contributed by atoms with Gasteiger partial charge in [0.1, 0.15) is 0 Å². The Hall–Kier alpha value is -1.52. The number of carbonyl (C=O) groups excluding carboxylic acids is 2. The van der Waals surface area contributed by atoms with Gasteiger partial charge in [0, 0.05) is 14.1 Å². The van der Waals surface area contributed by atoms with Crippen molar-refractivity contribution in [3.63, 3.8) is 0 Å². The summed E-state index contributed by atoms with van der Waals surface area (Å²) in [6.45, 7) is 2.08. The van der Waals surface area contributed by atoms with Gasteiger partial charge in [-0.25, -0.2) is 14.5 Å². The van der Waals surface area contributed by atoms with Crippen LogP contribution in [0.1, 0.15) is 26.2 Å². The Balaban J connectivity index is 2.70. The SMILES string of the molecule is CCCC/C=C1\OC(=O)N(C)C(=O)N1C. The van der Waals surface area contributed by atoms with Crippen LogP contribution < -0.4 is 0 Å². The molecule has 1 fully saturated rings. The van der Waals surface area contributed by atoms with Gasteiger partial charge in [-0.05, 0) is 18.9 Å². The number of ether oxygens (including phenoxy) is 1. The number of carbonyl (C=O) groups is 2. The Morgan fingerprint density at radius 2 is 1.93 bits per heavy atom. The maximum Gasteiger partial charge on any atom is 0.424 e. The highest BCUT2D eigenvalue weighted by atomic mass is 16.6. The lowest BCUT2D eigenvalue weighted by Crippen LogP contribution is -2.48. The van der Waals surface area contributed by atoms with E-state index >= 15 is 0 Å². The van der Waals surface area contributed by atoms with Crippen molar-refractivity contribution in [3.05, 3.63) is 12.0 Å². The van der Waals surface area contributed by atoms with Crippen molar-refractivity contribution in [3.8, 4) is 0 Å².